The minimum absolute atomic E-state index is 0.171. The van der Waals surface area contributed by atoms with Crippen LogP contribution >= 0.6 is 11.3 Å². The molecule has 1 aromatic carbocycles. The van der Waals surface area contributed by atoms with Gasteiger partial charge >= 0.3 is 0 Å². The van der Waals surface area contributed by atoms with Crippen molar-refractivity contribution in [3.63, 3.8) is 0 Å². The second kappa shape index (κ2) is 8.02. The van der Waals surface area contributed by atoms with Gasteiger partial charge in [-0.2, -0.15) is 0 Å². The molecule has 6 heteroatoms. The number of carbonyl (C=O) groups is 2. The number of carbonyl (C=O) groups excluding carboxylic acids is 2. The highest BCUT2D eigenvalue weighted by Crippen LogP contribution is 2.39. The van der Waals surface area contributed by atoms with Crippen molar-refractivity contribution in [2.24, 2.45) is 0 Å². The summed E-state index contributed by atoms with van der Waals surface area (Å²) in [6.45, 7) is 2.06. The number of hydrogen-bond donors (Lipinski definition) is 2. The summed E-state index contributed by atoms with van der Waals surface area (Å²) in [6.07, 6.45) is 6.27. The first kappa shape index (κ1) is 18.5. The van der Waals surface area contributed by atoms with Crippen LogP contribution in [0.1, 0.15) is 56.7 Å². The highest BCUT2D eigenvalue weighted by Gasteiger charge is 2.27. The van der Waals surface area contributed by atoms with E-state index in [2.05, 4.69) is 17.6 Å². The van der Waals surface area contributed by atoms with Gasteiger partial charge in [0, 0.05) is 10.6 Å². The van der Waals surface area contributed by atoms with Crippen LogP contribution in [0.3, 0.4) is 0 Å². The van der Waals surface area contributed by atoms with Crippen LogP contribution < -0.4 is 10.6 Å². The quantitative estimate of drug-likeness (QED) is 0.618. The van der Waals surface area contributed by atoms with Crippen molar-refractivity contribution in [1.29, 1.82) is 0 Å². The molecule has 2 N–H and O–H groups in total. The third-order valence-corrected chi connectivity index (χ3v) is 6.22. The van der Waals surface area contributed by atoms with E-state index in [4.69, 9.17) is 4.42 Å². The molecule has 2 aromatic heterocycles. The summed E-state index contributed by atoms with van der Waals surface area (Å²) in [5, 5.41) is 6.54. The second-order valence-corrected chi connectivity index (χ2v) is 7.92. The first-order valence-corrected chi connectivity index (χ1v) is 10.4. The smallest absolute Gasteiger partial charge is 0.291 e. The molecule has 0 radical (unpaired) electrons. The molecule has 0 saturated heterocycles. The van der Waals surface area contributed by atoms with Crippen LogP contribution in [-0.2, 0) is 19.3 Å². The molecule has 3 aromatic rings. The molecule has 1 aliphatic carbocycles. The Morgan fingerprint density at radius 3 is 2.64 bits per heavy atom. The van der Waals surface area contributed by atoms with Gasteiger partial charge in [0.1, 0.15) is 5.00 Å². The monoisotopic (exact) mass is 394 g/mol. The van der Waals surface area contributed by atoms with Crippen LogP contribution in [0.25, 0.3) is 0 Å². The average molecular weight is 394 g/mol. The van der Waals surface area contributed by atoms with Gasteiger partial charge in [0.15, 0.2) is 5.76 Å². The predicted octanol–water partition coefficient (Wildman–Crippen LogP) is 5.29. The number of hydrogen-bond acceptors (Lipinski definition) is 4. The molecule has 1 aliphatic rings. The highest BCUT2D eigenvalue weighted by molar-refractivity contribution is 7.17. The Labute approximate surface area is 167 Å². The number of thiophene rings is 1. The predicted molar refractivity (Wildman–Crippen MR) is 111 cm³/mol. The van der Waals surface area contributed by atoms with Crippen molar-refractivity contribution in [3.05, 3.63) is 70.0 Å². The molecule has 4 rings (SSSR count). The van der Waals surface area contributed by atoms with Crippen molar-refractivity contribution >= 4 is 33.8 Å². The maximum absolute atomic E-state index is 13.2. The largest absolute Gasteiger partial charge is 0.459 e. The Balaban J connectivity index is 1.67. The van der Waals surface area contributed by atoms with E-state index in [0.29, 0.717) is 10.6 Å². The summed E-state index contributed by atoms with van der Waals surface area (Å²) >= 11 is 1.50. The van der Waals surface area contributed by atoms with E-state index in [1.807, 2.05) is 24.3 Å². The van der Waals surface area contributed by atoms with Gasteiger partial charge in [0.05, 0.1) is 11.8 Å². The molecule has 144 valence electrons. The van der Waals surface area contributed by atoms with Gasteiger partial charge in [0.25, 0.3) is 11.8 Å². The Bertz CT molecular complexity index is 1000. The molecule has 28 heavy (non-hydrogen) atoms. The van der Waals surface area contributed by atoms with Crippen molar-refractivity contribution < 1.29 is 14.0 Å². The van der Waals surface area contributed by atoms with E-state index in [1.165, 1.54) is 22.5 Å². The zero-order valence-electron chi connectivity index (χ0n) is 15.7. The fourth-order valence-electron chi connectivity index (χ4n) is 3.60. The number of nitrogens with one attached hydrogen (secondary N) is 2. The fraction of sp³-hybridized carbons (Fsp3) is 0.273. The lowest BCUT2D eigenvalue weighted by atomic mass is 9.95. The topological polar surface area (TPSA) is 71.3 Å². The Hall–Kier alpha value is -2.86. The third kappa shape index (κ3) is 3.60. The van der Waals surface area contributed by atoms with E-state index in [9.17, 15) is 9.59 Å². The zero-order valence-corrected chi connectivity index (χ0v) is 16.5. The maximum atomic E-state index is 13.2. The summed E-state index contributed by atoms with van der Waals surface area (Å²) in [4.78, 5) is 26.9. The average Bonchev–Trinajstić information content (AvgIpc) is 3.36. The van der Waals surface area contributed by atoms with Crippen LogP contribution in [-0.4, -0.2) is 11.8 Å². The Morgan fingerprint density at radius 1 is 1.04 bits per heavy atom. The number of rotatable bonds is 5. The molecule has 2 heterocycles. The van der Waals surface area contributed by atoms with Crippen LogP contribution in [0.15, 0.2) is 47.1 Å². The van der Waals surface area contributed by atoms with Gasteiger partial charge in [-0.15, -0.1) is 11.3 Å². The first-order valence-electron chi connectivity index (χ1n) is 9.56. The molecule has 0 spiro atoms. The van der Waals surface area contributed by atoms with Crippen molar-refractivity contribution in [2.75, 3.05) is 10.6 Å². The SMILES string of the molecule is CCc1ccccc1NC(=O)c1c(NC(=O)c2ccco2)sc2c1CCCC2. The Morgan fingerprint density at radius 2 is 1.86 bits per heavy atom. The number of benzene rings is 1. The summed E-state index contributed by atoms with van der Waals surface area (Å²) in [6, 6.07) is 11.1. The zero-order chi connectivity index (χ0) is 19.5. The van der Waals surface area contributed by atoms with Crippen LogP contribution in [0.4, 0.5) is 10.7 Å². The molecular formula is C22H22N2O3S. The second-order valence-electron chi connectivity index (χ2n) is 6.81. The van der Waals surface area contributed by atoms with Gasteiger partial charge in [-0.25, -0.2) is 0 Å². The van der Waals surface area contributed by atoms with Crippen molar-refractivity contribution in [3.8, 4) is 0 Å². The summed E-state index contributed by atoms with van der Waals surface area (Å²) in [7, 11) is 0. The van der Waals surface area contributed by atoms with Crippen molar-refractivity contribution in [2.45, 2.75) is 39.0 Å². The summed E-state index contributed by atoms with van der Waals surface area (Å²) in [5.41, 5.74) is 3.55. The van der Waals surface area contributed by atoms with Crippen LogP contribution in [0.5, 0.6) is 0 Å². The van der Waals surface area contributed by atoms with Gasteiger partial charge in [0.2, 0.25) is 0 Å². The van der Waals surface area contributed by atoms with Gasteiger partial charge in [-0.1, -0.05) is 25.1 Å². The van der Waals surface area contributed by atoms with E-state index >= 15 is 0 Å². The number of furan rings is 1. The molecule has 0 bridgehead atoms. The summed E-state index contributed by atoms with van der Waals surface area (Å²) in [5.74, 6) is -0.282. The van der Waals surface area contributed by atoms with E-state index < -0.39 is 0 Å². The molecule has 0 unspecified atom stereocenters. The minimum Gasteiger partial charge on any atom is -0.459 e. The molecule has 2 amide bonds. The van der Waals surface area contributed by atoms with Gasteiger partial charge in [-0.05, 0) is 61.4 Å². The molecular weight excluding hydrogens is 372 g/mol. The normalized spacial score (nSPS) is 13.0. The fourth-order valence-corrected chi connectivity index (χ4v) is 4.88. The highest BCUT2D eigenvalue weighted by atomic mass is 32.1. The van der Waals surface area contributed by atoms with E-state index in [1.54, 1.807) is 12.1 Å². The van der Waals surface area contributed by atoms with E-state index in [0.717, 1.165) is 48.9 Å². The molecule has 0 saturated carbocycles. The standard InChI is InChI=1S/C22H22N2O3S/c1-2-14-8-3-5-10-16(14)23-21(26)19-15-9-4-6-12-18(15)28-22(19)24-20(25)17-11-7-13-27-17/h3,5,7-8,10-11,13H,2,4,6,9,12H2,1H3,(H,23,26)(H,24,25). The first-order chi connectivity index (χ1) is 13.7. The number of anilines is 2. The molecule has 0 fully saturated rings. The lowest BCUT2D eigenvalue weighted by Gasteiger charge is -2.14. The maximum Gasteiger partial charge on any atom is 0.291 e. The number of amides is 2. The van der Waals surface area contributed by atoms with Gasteiger partial charge < -0.3 is 15.1 Å². The number of para-hydroxylation sites is 1. The molecule has 0 aliphatic heterocycles. The van der Waals surface area contributed by atoms with Gasteiger partial charge in [-0.3, -0.25) is 9.59 Å². The van der Waals surface area contributed by atoms with E-state index in [-0.39, 0.29) is 17.6 Å². The van der Waals surface area contributed by atoms with Crippen molar-refractivity contribution in [1.82, 2.24) is 0 Å². The molecule has 0 atom stereocenters. The minimum atomic E-state index is -0.341. The summed E-state index contributed by atoms with van der Waals surface area (Å²) < 4.78 is 5.19. The third-order valence-electron chi connectivity index (χ3n) is 5.02. The lowest BCUT2D eigenvalue weighted by Crippen LogP contribution is -2.19. The number of aryl methyl sites for hydroxylation is 2. The Kier molecular flexibility index (Phi) is 5.30. The molecule has 5 nitrogen and oxygen atoms in total. The number of fused-ring (bicyclic) bond motifs is 1. The van der Waals surface area contributed by atoms with Crippen LogP contribution in [0.2, 0.25) is 0 Å². The lowest BCUT2D eigenvalue weighted by molar-refractivity contribution is 0.0997. The van der Waals surface area contributed by atoms with Crippen LogP contribution in [0, 0.1) is 0 Å².